The van der Waals surface area contributed by atoms with Gasteiger partial charge in [0.05, 0.1) is 6.04 Å². The van der Waals surface area contributed by atoms with E-state index in [0.29, 0.717) is 6.04 Å². The van der Waals surface area contributed by atoms with Crippen molar-refractivity contribution in [3.63, 3.8) is 0 Å². The monoisotopic (exact) mass is 274 g/mol. The van der Waals surface area contributed by atoms with Gasteiger partial charge in [0.1, 0.15) is 0 Å². The van der Waals surface area contributed by atoms with E-state index in [1.807, 2.05) is 11.3 Å². The third-order valence-corrected chi connectivity index (χ3v) is 5.32. The molecular formula is C16H22N2S. The van der Waals surface area contributed by atoms with Crippen molar-refractivity contribution in [1.82, 2.24) is 4.57 Å². The minimum Gasteiger partial charge on any atom is -0.344 e. The molecule has 0 amide bonds. The predicted molar refractivity (Wildman–Crippen MR) is 81.9 cm³/mol. The Bertz CT molecular complexity index is 594. The van der Waals surface area contributed by atoms with Gasteiger partial charge in [-0.15, -0.1) is 11.3 Å². The standard InChI is InChI=1S/C16H22N2S/c1-10-9-14(12(3)19-10)11(2)18-8-7-13-15(17)5-4-6-16(13)18/h7-9,11,15H,4-6,17H2,1-3H3. The van der Waals surface area contributed by atoms with Crippen LogP contribution in [0.25, 0.3) is 0 Å². The summed E-state index contributed by atoms with van der Waals surface area (Å²) in [6, 6.07) is 5.21. The zero-order valence-corrected chi connectivity index (χ0v) is 12.8. The van der Waals surface area contributed by atoms with Gasteiger partial charge in [-0.25, -0.2) is 0 Å². The smallest absolute Gasteiger partial charge is 0.0565 e. The molecular weight excluding hydrogens is 252 g/mol. The fourth-order valence-corrected chi connectivity index (χ4v) is 4.35. The molecule has 19 heavy (non-hydrogen) atoms. The van der Waals surface area contributed by atoms with Crippen LogP contribution in [0.4, 0.5) is 0 Å². The van der Waals surface area contributed by atoms with Gasteiger partial charge in [-0.3, -0.25) is 0 Å². The summed E-state index contributed by atoms with van der Waals surface area (Å²) < 4.78 is 2.43. The van der Waals surface area contributed by atoms with Crippen molar-refractivity contribution < 1.29 is 0 Å². The number of thiophene rings is 1. The number of nitrogens with two attached hydrogens (primary N) is 1. The van der Waals surface area contributed by atoms with E-state index in [4.69, 9.17) is 5.73 Å². The van der Waals surface area contributed by atoms with E-state index >= 15 is 0 Å². The Hall–Kier alpha value is -1.06. The lowest BCUT2D eigenvalue weighted by Crippen LogP contribution is -2.19. The van der Waals surface area contributed by atoms with Crippen LogP contribution in [-0.4, -0.2) is 4.57 Å². The predicted octanol–water partition coefficient (Wildman–Crippen LogP) is 4.11. The van der Waals surface area contributed by atoms with Gasteiger partial charge in [0.2, 0.25) is 0 Å². The summed E-state index contributed by atoms with van der Waals surface area (Å²) >= 11 is 1.89. The molecule has 0 saturated heterocycles. The molecule has 2 unspecified atom stereocenters. The zero-order valence-electron chi connectivity index (χ0n) is 11.9. The summed E-state index contributed by atoms with van der Waals surface area (Å²) in [5.41, 5.74) is 10.5. The molecule has 0 aromatic carbocycles. The van der Waals surface area contributed by atoms with Gasteiger partial charge in [-0.2, -0.15) is 0 Å². The van der Waals surface area contributed by atoms with Crippen LogP contribution in [0.2, 0.25) is 0 Å². The molecule has 3 rings (SSSR count). The molecule has 2 aromatic rings. The number of rotatable bonds is 2. The minimum absolute atomic E-state index is 0.238. The Labute approximate surface area is 119 Å². The molecule has 0 saturated carbocycles. The lowest BCUT2D eigenvalue weighted by atomic mass is 9.93. The highest BCUT2D eigenvalue weighted by Gasteiger charge is 2.23. The van der Waals surface area contributed by atoms with E-state index in [-0.39, 0.29) is 6.04 Å². The van der Waals surface area contributed by atoms with Crippen LogP contribution in [0.3, 0.4) is 0 Å². The maximum absolute atomic E-state index is 6.22. The molecule has 0 fully saturated rings. The Kier molecular flexibility index (Phi) is 3.27. The van der Waals surface area contributed by atoms with Crippen LogP contribution in [0.1, 0.15) is 58.4 Å². The van der Waals surface area contributed by atoms with Crippen LogP contribution in [0, 0.1) is 13.8 Å². The lowest BCUT2D eigenvalue weighted by Gasteiger charge is -2.24. The Morgan fingerprint density at radius 1 is 1.42 bits per heavy atom. The van der Waals surface area contributed by atoms with E-state index in [1.165, 1.54) is 39.4 Å². The summed E-state index contributed by atoms with van der Waals surface area (Å²) in [5, 5.41) is 0. The Balaban J connectivity index is 2.01. The quantitative estimate of drug-likeness (QED) is 0.877. The second kappa shape index (κ2) is 4.80. The van der Waals surface area contributed by atoms with Gasteiger partial charge in [-0.05, 0) is 63.3 Å². The van der Waals surface area contributed by atoms with Crippen molar-refractivity contribution >= 4 is 11.3 Å². The molecule has 2 N–H and O–H groups in total. The molecule has 2 nitrogen and oxygen atoms in total. The number of nitrogens with zero attached hydrogens (tertiary/aromatic N) is 1. The fraction of sp³-hybridized carbons (Fsp3) is 0.500. The summed E-state index contributed by atoms with van der Waals surface area (Å²) in [4.78, 5) is 2.84. The number of fused-ring (bicyclic) bond motifs is 1. The Morgan fingerprint density at radius 3 is 2.89 bits per heavy atom. The molecule has 2 heterocycles. The van der Waals surface area contributed by atoms with Crippen LogP contribution in [-0.2, 0) is 6.42 Å². The average molecular weight is 274 g/mol. The van der Waals surface area contributed by atoms with E-state index in [2.05, 4.69) is 43.7 Å². The summed E-state index contributed by atoms with van der Waals surface area (Å²) in [5.74, 6) is 0. The van der Waals surface area contributed by atoms with Crippen molar-refractivity contribution in [2.75, 3.05) is 0 Å². The van der Waals surface area contributed by atoms with Crippen molar-refractivity contribution in [2.45, 2.75) is 52.1 Å². The largest absolute Gasteiger partial charge is 0.344 e. The third-order valence-electron chi connectivity index (χ3n) is 4.33. The maximum Gasteiger partial charge on any atom is 0.0565 e. The highest BCUT2D eigenvalue weighted by atomic mass is 32.1. The summed E-state index contributed by atoms with van der Waals surface area (Å²) in [6.07, 6.45) is 5.74. The second-order valence-electron chi connectivity index (χ2n) is 5.67. The van der Waals surface area contributed by atoms with E-state index < -0.39 is 0 Å². The topological polar surface area (TPSA) is 30.9 Å². The number of hydrogen-bond donors (Lipinski definition) is 1. The number of aromatic nitrogens is 1. The highest BCUT2D eigenvalue weighted by Crippen LogP contribution is 2.34. The zero-order chi connectivity index (χ0) is 13.6. The molecule has 2 aromatic heterocycles. The normalized spacial score (nSPS) is 20.3. The van der Waals surface area contributed by atoms with Crippen LogP contribution < -0.4 is 5.73 Å². The third kappa shape index (κ3) is 2.15. The van der Waals surface area contributed by atoms with Crippen LogP contribution in [0.5, 0.6) is 0 Å². The highest BCUT2D eigenvalue weighted by molar-refractivity contribution is 7.12. The molecule has 0 spiro atoms. The molecule has 1 aliphatic carbocycles. The number of hydrogen-bond acceptors (Lipinski definition) is 2. The molecule has 0 bridgehead atoms. The number of aryl methyl sites for hydroxylation is 2. The van der Waals surface area contributed by atoms with E-state index in [9.17, 15) is 0 Å². The van der Waals surface area contributed by atoms with Crippen molar-refractivity contribution in [1.29, 1.82) is 0 Å². The first kappa shape index (κ1) is 12.9. The molecule has 0 aliphatic heterocycles. The van der Waals surface area contributed by atoms with Crippen molar-refractivity contribution in [2.24, 2.45) is 5.73 Å². The van der Waals surface area contributed by atoms with Gasteiger partial charge >= 0.3 is 0 Å². The average Bonchev–Trinajstić information content (AvgIpc) is 2.93. The van der Waals surface area contributed by atoms with E-state index in [0.717, 1.165) is 6.42 Å². The van der Waals surface area contributed by atoms with E-state index in [1.54, 1.807) is 0 Å². The maximum atomic E-state index is 6.22. The lowest BCUT2D eigenvalue weighted by molar-refractivity contribution is 0.525. The van der Waals surface area contributed by atoms with Crippen molar-refractivity contribution in [3.05, 3.63) is 44.9 Å². The summed E-state index contributed by atoms with van der Waals surface area (Å²) in [6.45, 7) is 6.72. The van der Waals surface area contributed by atoms with Crippen LogP contribution >= 0.6 is 11.3 Å². The SMILES string of the molecule is Cc1cc(C(C)n2ccc3c2CCCC3N)c(C)s1. The first-order chi connectivity index (χ1) is 9.08. The molecule has 2 atom stereocenters. The Morgan fingerprint density at radius 2 is 2.21 bits per heavy atom. The van der Waals surface area contributed by atoms with Gasteiger partial charge in [0.15, 0.2) is 0 Å². The molecule has 3 heteroatoms. The fourth-order valence-electron chi connectivity index (χ4n) is 3.33. The van der Waals surface area contributed by atoms with Crippen LogP contribution in [0.15, 0.2) is 18.3 Å². The van der Waals surface area contributed by atoms with Gasteiger partial charge < -0.3 is 10.3 Å². The summed E-state index contributed by atoms with van der Waals surface area (Å²) in [7, 11) is 0. The first-order valence-corrected chi connectivity index (χ1v) is 7.91. The van der Waals surface area contributed by atoms with Gasteiger partial charge in [0.25, 0.3) is 0 Å². The first-order valence-electron chi connectivity index (χ1n) is 7.10. The minimum atomic E-state index is 0.238. The molecule has 0 radical (unpaired) electrons. The molecule has 1 aliphatic rings. The van der Waals surface area contributed by atoms with Gasteiger partial charge in [-0.1, -0.05) is 0 Å². The molecule has 102 valence electrons. The van der Waals surface area contributed by atoms with Gasteiger partial charge in [0, 0.05) is 27.7 Å². The van der Waals surface area contributed by atoms with Crippen molar-refractivity contribution in [3.8, 4) is 0 Å². The second-order valence-corrected chi connectivity index (χ2v) is 7.13.